The van der Waals surface area contributed by atoms with E-state index in [1.54, 1.807) is 0 Å². The predicted octanol–water partition coefficient (Wildman–Crippen LogP) is 1.12. The van der Waals surface area contributed by atoms with Crippen molar-refractivity contribution >= 4 is 17.4 Å². The SMILES string of the molecule is O=C1CCCN1c1ncccc1[N+](=O)[O-]. The first-order valence-electron chi connectivity index (χ1n) is 4.60. The Bertz CT molecular complexity index is 419. The Kier molecular flexibility index (Phi) is 2.32. The summed E-state index contributed by atoms with van der Waals surface area (Å²) < 4.78 is 0. The molecule has 15 heavy (non-hydrogen) atoms. The number of pyridine rings is 1. The van der Waals surface area contributed by atoms with Crippen molar-refractivity contribution in [3.8, 4) is 0 Å². The van der Waals surface area contributed by atoms with E-state index in [2.05, 4.69) is 4.98 Å². The van der Waals surface area contributed by atoms with Gasteiger partial charge in [-0.2, -0.15) is 0 Å². The molecule has 1 aliphatic rings. The molecule has 0 aromatic carbocycles. The van der Waals surface area contributed by atoms with Gasteiger partial charge in [0.15, 0.2) is 0 Å². The molecule has 0 spiro atoms. The number of rotatable bonds is 2. The van der Waals surface area contributed by atoms with Gasteiger partial charge in [-0.1, -0.05) is 0 Å². The van der Waals surface area contributed by atoms with Crippen LogP contribution in [0.15, 0.2) is 18.3 Å². The maximum Gasteiger partial charge on any atom is 0.312 e. The number of hydrogen-bond donors (Lipinski definition) is 0. The van der Waals surface area contributed by atoms with Crippen LogP contribution < -0.4 is 4.90 Å². The highest BCUT2D eigenvalue weighted by Crippen LogP contribution is 2.28. The number of aromatic nitrogens is 1. The third-order valence-electron chi connectivity index (χ3n) is 2.29. The van der Waals surface area contributed by atoms with E-state index in [1.165, 1.54) is 23.2 Å². The minimum Gasteiger partial charge on any atom is -0.291 e. The average Bonchev–Trinajstić information content (AvgIpc) is 2.64. The molecule has 6 nitrogen and oxygen atoms in total. The van der Waals surface area contributed by atoms with Gasteiger partial charge in [-0.15, -0.1) is 0 Å². The molecule has 78 valence electrons. The largest absolute Gasteiger partial charge is 0.312 e. The van der Waals surface area contributed by atoms with E-state index in [1.807, 2.05) is 0 Å². The Morgan fingerprint density at radius 2 is 2.33 bits per heavy atom. The Balaban J connectivity index is 2.42. The zero-order valence-electron chi connectivity index (χ0n) is 7.92. The molecule has 1 fully saturated rings. The third kappa shape index (κ3) is 1.65. The van der Waals surface area contributed by atoms with E-state index < -0.39 is 4.92 Å². The van der Waals surface area contributed by atoms with Crippen LogP contribution in [0.3, 0.4) is 0 Å². The Morgan fingerprint density at radius 3 is 2.93 bits per heavy atom. The fourth-order valence-electron chi connectivity index (χ4n) is 1.61. The summed E-state index contributed by atoms with van der Waals surface area (Å²) >= 11 is 0. The Labute approximate surface area is 85.7 Å². The molecule has 0 radical (unpaired) electrons. The first kappa shape index (κ1) is 9.57. The van der Waals surface area contributed by atoms with Crippen LogP contribution in [0.2, 0.25) is 0 Å². The molecular formula is C9H9N3O3. The van der Waals surface area contributed by atoms with Crippen molar-refractivity contribution in [3.05, 3.63) is 28.4 Å². The van der Waals surface area contributed by atoms with Crippen LogP contribution in [0.5, 0.6) is 0 Å². The van der Waals surface area contributed by atoms with Crippen molar-refractivity contribution in [2.24, 2.45) is 0 Å². The monoisotopic (exact) mass is 207 g/mol. The van der Waals surface area contributed by atoms with Crippen LogP contribution >= 0.6 is 0 Å². The summed E-state index contributed by atoms with van der Waals surface area (Å²) in [4.78, 5) is 26.9. The van der Waals surface area contributed by atoms with Gasteiger partial charge in [0.2, 0.25) is 11.7 Å². The minimum absolute atomic E-state index is 0.100. The number of amides is 1. The number of hydrogen-bond acceptors (Lipinski definition) is 4. The van der Waals surface area contributed by atoms with Gasteiger partial charge >= 0.3 is 5.69 Å². The summed E-state index contributed by atoms with van der Waals surface area (Å²) in [6.45, 7) is 0.511. The van der Waals surface area contributed by atoms with E-state index in [0.29, 0.717) is 13.0 Å². The van der Waals surface area contributed by atoms with Crippen molar-refractivity contribution in [3.63, 3.8) is 0 Å². The Morgan fingerprint density at radius 1 is 1.53 bits per heavy atom. The number of nitro groups is 1. The molecule has 0 unspecified atom stereocenters. The molecule has 0 aliphatic carbocycles. The summed E-state index contributed by atoms with van der Waals surface area (Å²) in [6.07, 6.45) is 2.62. The fraction of sp³-hybridized carbons (Fsp3) is 0.333. The molecule has 0 saturated carbocycles. The third-order valence-corrected chi connectivity index (χ3v) is 2.29. The van der Waals surface area contributed by atoms with E-state index in [4.69, 9.17) is 0 Å². The first-order valence-corrected chi connectivity index (χ1v) is 4.60. The van der Waals surface area contributed by atoms with Crippen molar-refractivity contribution < 1.29 is 9.72 Å². The minimum atomic E-state index is -0.520. The molecule has 0 atom stereocenters. The highest BCUT2D eigenvalue weighted by Gasteiger charge is 2.28. The van der Waals surface area contributed by atoms with Gasteiger partial charge in [-0.05, 0) is 12.5 Å². The second kappa shape index (κ2) is 3.64. The van der Waals surface area contributed by atoms with E-state index in [-0.39, 0.29) is 17.4 Å². The van der Waals surface area contributed by atoms with Gasteiger partial charge in [0, 0.05) is 25.2 Å². The number of carbonyl (C=O) groups is 1. The molecule has 1 amide bonds. The van der Waals surface area contributed by atoms with Crippen LogP contribution in [-0.4, -0.2) is 22.4 Å². The van der Waals surface area contributed by atoms with Crippen molar-refractivity contribution in [2.45, 2.75) is 12.8 Å². The molecule has 1 aromatic rings. The summed E-state index contributed by atoms with van der Waals surface area (Å²) in [6, 6.07) is 2.84. The fourth-order valence-corrected chi connectivity index (χ4v) is 1.61. The standard InChI is InChI=1S/C9H9N3O3/c13-8-4-2-6-11(8)9-7(12(14)15)3-1-5-10-9/h1,3,5H,2,4,6H2. The second-order valence-electron chi connectivity index (χ2n) is 3.25. The van der Waals surface area contributed by atoms with E-state index in [9.17, 15) is 14.9 Å². The summed E-state index contributed by atoms with van der Waals surface area (Å²) in [5, 5.41) is 10.7. The topological polar surface area (TPSA) is 76.3 Å². The quantitative estimate of drug-likeness (QED) is 0.537. The van der Waals surface area contributed by atoms with Gasteiger partial charge in [0.1, 0.15) is 0 Å². The lowest BCUT2D eigenvalue weighted by molar-refractivity contribution is -0.384. The number of nitrogens with zero attached hydrogens (tertiary/aromatic N) is 3. The molecule has 2 heterocycles. The molecule has 1 saturated heterocycles. The lowest BCUT2D eigenvalue weighted by Gasteiger charge is -2.13. The highest BCUT2D eigenvalue weighted by molar-refractivity contribution is 5.96. The zero-order valence-corrected chi connectivity index (χ0v) is 7.92. The van der Waals surface area contributed by atoms with Crippen LogP contribution in [0.1, 0.15) is 12.8 Å². The molecule has 0 bridgehead atoms. The maximum atomic E-state index is 11.4. The van der Waals surface area contributed by atoms with Gasteiger partial charge in [-0.25, -0.2) is 4.98 Å². The molecule has 1 aliphatic heterocycles. The van der Waals surface area contributed by atoms with E-state index >= 15 is 0 Å². The summed E-state index contributed by atoms with van der Waals surface area (Å²) in [5.74, 6) is 0.0572. The highest BCUT2D eigenvalue weighted by atomic mass is 16.6. The smallest absolute Gasteiger partial charge is 0.291 e. The van der Waals surface area contributed by atoms with Crippen LogP contribution in [0, 0.1) is 10.1 Å². The number of anilines is 1. The lowest BCUT2D eigenvalue weighted by Crippen LogP contribution is -2.25. The van der Waals surface area contributed by atoms with Crippen molar-refractivity contribution in [2.75, 3.05) is 11.4 Å². The molecule has 2 rings (SSSR count). The normalized spacial score (nSPS) is 15.7. The average molecular weight is 207 g/mol. The zero-order chi connectivity index (χ0) is 10.8. The molecule has 1 aromatic heterocycles. The van der Waals surface area contributed by atoms with Crippen molar-refractivity contribution in [1.82, 2.24) is 4.98 Å². The lowest BCUT2D eigenvalue weighted by atomic mass is 10.3. The second-order valence-corrected chi connectivity index (χ2v) is 3.25. The first-order chi connectivity index (χ1) is 7.20. The summed E-state index contributed by atoms with van der Waals surface area (Å²) in [7, 11) is 0. The summed E-state index contributed by atoms with van der Waals surface area (Å²) in [5.41, 5.74) is -0.118. The predicted molar refractivity (Wildman–Crippen MR) is 52.5 cm³/mol. The van der Waals surface area contributed by atoms with Gasteiger partial charge in [0.25, 0.3) is 0 Å². The van der Waals surface area contributed by atoms with Crippen molar-refractivity contribution in [1.29, 1.82) is 0 Å². The van der Waals surface area contributed by atoms with E-state index in [0.717, 1.165) is 6.42 Å². The van der Waals surface area contributed by atoms with Gasteiger partial charge in [0.05, 0.1) is 4.92 Å². The van der Waals surface area contributed by atoms with Crippen LogP contribution in [0.25, 0.3) is 0 Å². The molecule has 0 N–H and O–H groups in total. The van der Waals surface area contributed by atoms with Crippen LogP contribution in [0.4, 0.5) is 11.5 Å². The van der Waals surface area contributed by atoms with Gasteiger partial charge in [-0.3, -0.25) is 19.8 Å². The molecular weight excluding hydrogens is 198 g/mol. The van der Waals surface area contributed by atoms with Crippen LogP contribution in [-0.2, 0) is 4.79 Å². The maximum absolute atomic E-state index is 11.4. The Hall–Kier alpha value is -1.98. The van der Waals surface area contributed by atoms with Gasteiger partial charge < -0.3 is 0 Å². The molecule has 6 heteroatoms. The number of carbonyl (C=O) groups excluding carboxylic acids is 1.